The highest BCUT2D eigenvalue weighted by Crippen LogP contribution is 2.32. The molecule has 0 bridgehead atoms. The Morgan fingerprint density at radius 3 is 2.47 bits per heavy atom. The van der Waals surface area contributed by atoms with E-state index in [1.165, 1.54) is 30.6 Å². The fourth-order valence-electron chi connectivity index (χ4n) is 3.57. The highest BCUT2D eigenvalue weighted by Gasteiger charge is 2.22. The van der Waals surface area contributed by atoms with Crippen molar-refractivity contribution in [3.05, 3.63) is 78.1 Å². The van der Waals surface area contributed by atoms with Gasteiger partial charge in [-0.25, -0.2) is 13.4 Å². The lowest BCUT2D eigenvalue weighted by molar-refractivity contribution is -0.118. The van der Waals surface area contributed by atoms with Gasteiger partial charge in [0.2, 0.25) is 5.91 Å². The summed E-state index contributed by atoms with van der Waals surface area (Å²) in [6, 6.07) is 15.9. The van der Waals surface area contributed by atoms with Crippen molar-refractivity contribution in [3.63, 3.8) is 0 Å². The summed E-state index contributed by atoms with van der Waals surface area (Å²) in [5.41, 5.74) is 2.84. The molecule has 0 aliphatic carbocycles. The number of aromatic nitrogens is 2. The minimum Gasteiger partial charge on any atom is -0.497 e. The molecule has 0 saturated carbocycles. The molecule has 4 aromatic rings. The lowest BCUT2D eigenvalue weighted by atomic mass is 10.2. The van der Waals surface area contributed by atoms with Crippen molar-refractivity contribution in [1.82, 2.24) is 9.97 Å². The Kier molecular flexibility index (Phi) is 7.23. The fourth-order valence-corrected chi connectivity index (χ4v) is 5.94. The van der Waals surface area contributed by atoms with Gasteiger partial charge in [0, 0.05) is 18.8 Å². The summed E-state index contributed by atoms with van der Waals surface area (Å²) in [6.45, 7) is 2.33. The van der Waals surface area contributed by atoms with Gasteiger partial charge in [0.15, 0.2) is 15.0 Å². The Labute approximate surface area is 203 Å². The summed E-state index contributed by atoms with van der Waals surface area (Å²) < 4.78 is 31.5. The number of fused-ring (bicyclic) bond motifs is 1. The molecule has 176 valence electrons. The molecule has 2 aromatic heterocycles. The van der Waals surface area contributed by atoms with Crippen molar-refractivity contribution in [1.29, 1.82) is 0 Å². The molecule has 2 heterocycles. The van der Waals surface area contributed by atoms with E-state index in [0.717, 1.165) is 21.3 Å². The highest BCUT2D eigenvalue weighted by molar-refractivity contribution is 7.91. The van der Waals surface area contributed by atoms with E-state index in [2.05, 4.69) is 4.98 Å². The number of hydrogen-bond acceptors (Lipinski definition) is 7. The number of amides is 1. The topological polar surface area (TPSA) is 89.5 Å². The third-order valence-electron chi connectivity index (χ3n) is 5.45. The summed E-state index contributed by atoms with van der Waals surface area (Å²) in [5.74, 6) is 0.304. The largest absolute Gasteiger partial charge is 0.497 e. The second kappa shape index (κ2) is 10.3. The van der Waals surface area contributed by atoms with Crippen molar-refractivity contribution in [2.24, 2.45) is 0 Å². The molecule has 0 aliphatic rings. The number of nitrogens with zero attached hydrogens (tertiary/aromatic N) is 3. The van der Waals surface area contributed by atoms with E-state index in [-0.39, 0.29) is 29.4 Å². The summed E-state index contributed by atoms with van der Waals surface area (Å²) in [6.07, 6.45) is 3.67. The molecule has 0 atom stereocenters. The zero-order chi connectivity index (χ0) is 24.1. The van der Waals surface area contributed by atoms with Crippen LogP contribution in [0, 0.1) is 6.92 Å². The lowest BCUT2D eigenvalue weighted by Crippen LogP contribution is -2.30. The highest BCUT2D eigenvalue weighted by atomic mass is 32.2. The number of rotatable bonds is 9. The third kappa shape index (κ3) is 5.43. The average molecular weight is 496 g/mol. The van der Waals surface area contributed by atoms with E-state index in [1.807, 2.05) is 37.3 Å². The van der Waals surface area contributed by atoms with Gasteiger partial charge in [0.05, 0.1) is 34.5 Å². The Bertz CT molecular complexity index is 1380. The molecular formula is C25H25N3O4S2. The first-order chi connectivity index (χ1) is 16.4. The minimum absolute atomic E-state index is 0.0926. The van der Waals surface area contributed by atoms with E-state index >= 15 is 0 Å². The number of aryl methyl sites for hydroxylation is 1. The molecule has 0 saturated heterocycles. The molecule has 2 aromatic carbocycles. The Morgan fingerprint density at radius 2 is 1.79 bits per heavy atom. The normalized spacial score (nSPS) is 11.5. The van der Waals surface area contributed by atoms with Crippen LogP contribution in [0.1, 0.15) is 24.0 Å². The number of carbonyl (C=O) groups excluding carboxylic acids is 1. The van der Waals surface area contributed by atoms with Gasteiger partial charge in [0.1, 0.15) is 5.75 Å². The van der Waals surface area contributed by atoms with Crippen LogP contribution in [-0.4, -0.2) is 37.2 Å². The maximum Gasteiger partial charge on any atom is 0.229 e. The van der Waals surface area contributed by atoms with Crippen LogP contribution in [0.25, 0.3) is 10.2 Å². The van der Waals surface area contributed by atoms with Crippen molar-refractivity contribution in [3.8, 4) is 5.75 Å². The molecule has 7 nitrogen and oxygen atoms in total. The number of hydrogen-bond donors (Lipinski definition) is 0. The molecule has 0 fully saturated rings. The van der Waals surface area contributed by atoms with Crippen molar-refractivity contribution in [2.75, 3.05) is 17.8 Å². The van der Waals surface area contributed by atoms with Crippen molar-refractivity contribution < 1.29 is 17.9 Å². The molecule has 0 N–H and O–H groups in total. The van der Waals surface area contributed by atoms with Gasteiger partial charge in [-0.05, 0) is 66.9 Å². The zero-order valence-corrected chi connectivity index (χ0v) is 20.6. The zero-order valence-electron chi connectivity index (χ0n) is 19.0. The van der Waals surface area contributed by atoms with Gasteiger partial charge < -0.3 is 4.74 Å². The van der Waals surface area contributed by atoms with Crippen LogP contribution in [0.5, 0.6) is 5.75 Å². The first-order valence-corrected chi connectivity index (χ1v) is 13.3. The quantitative estimate of drug-likeness (QED) is 0.332. The number of thiazole rings is 1. The Hall–Kier alpha value is -3.30. The lowest BCUT2D eigenvalue weighted by Gasteiger charge is -2.20. The van der Waals surface area contributed by atoms with E-state index in [9.17, 15) is 13.2 Å². The monoisotopic (exact) mass is 495 g/mol. The first kappa shape index (κ1) is 23.8. The molecule has 34 heavy (non-hydrogen) atoms. The van der Waals surface area contributed by atoms with E-state index in [4.69, 9.17) is 9.72 Å². The van der Waals surface area contributed by atoms with Crippen LogP contribution < -0.4 is 9.64 Å². The summed E-state index contributed by atoms with van der Waals surface area (Å²) in [5, 5.41) is 0.601. The molecule has 0 unspecified atom stereocenters. The maximum absolute atomic E-state index is 13.3. The number of para-hydroxylation sites is 1. The van der Waals surface area contributed by atoms with E-state index in [1.54, 1.807) is 29.4 Å². The standard InChI is InChI=1S/C25H25N3O4S2/c1-18-5-3-6-22-24(18)27-25(33-22)28(17-19-12-14-26-15-13-19)23(29)7-4-16-34(30,31)21-10-8-20(32-2)9-11-21/h3,5-6,8-15H,4,7,16-17H2,1-2H3. The van der Waals surface area contributed by atoms with E-state index < -0.39 is 9.84 Å². The first-order valence-electron chi connectivity index (χ1n) is 10.8. The molecule has 0 spiro atoms. The number of benzene rings is 2. The molecule has 9 heteroatoms. The number of pyridine rings is 1. The molecule has 4 rings (SSSR count). The van der Waals surface area contributed by atoms with Crippen LogP contribution >= 0.6 is 11.3 Å². The summed E-state index contributed by atoms with van der Waals surface area (Å²) >= 11 is 1.45. The third-order valence-corrected chi connectivity index (χ3v) is 8.31. The van der Waals surface area contributed by atoms with Crippen LogP contribution in [0.3, 0.4) is 0 Å². The number of methoxy groups -OCH3 is 1. The number of ether oxygens (including phenoxy) is 1. The van der Waals surface area contributed by atoms with Crippen molar-refractivity contribution >= 4 is 42.4 Å². The summed E-state index contributed by atoms with van der Waals surface area (Å²) in [7, 11) is -1.98. The molecular weight excluding hydrogens is 470 g/mol. The number of carbonyl (C=O) groups is 1. The van der Waals surface area contributed by atoms with Crippen LogP contribution in [0.4, 0.5) is 5.13 Å². The summed E-state index contributed by atoms with van der Waals surface area (Å²) in [4.78, 5) is 23.9. The predicted octanol–water partition coefficient (Wildman–Crippen LogP) is 4.80. The van der Waals surface area contributed by atoms with Gasteiger partial charge in [-0.1, -0.05) is 23.5 Å². The Balaban J connectivity index is 1.51. The minimum atomic E-state index is -3.50. The van der Waals surface area contributed by atoms with Crippen LogP contribution in [0.15, 0.2) is 71.9 Å². The molecule has 1 amide bonds. The van der Waals surface area contributed by atoms with Crippen LogP contribution in [0.2, 0.25) is 0 Å². The average Bonchev–Trinajstić information content (AvgIpc) is 3.28. The SMILES string of the molecule is COc1ccc(S(=O)(=O)CCCC(=O)N(Cc2ccncc2)c2nc3c(C)cccc3s2)cc1. The van der Waals surface area contributed by atoms with Gasteiger partial charge in [-0.15, -0.1) is 0 Å². The predicted molar refractivity (Wildman–Crippen MR) is 134 cm³/mol. The second-order valence-corrected chi connectivity index (χ2v) is 11.0. The number of sulfone groups is 1. The maximum atomic E-state index is 13.3. The van der Waals surface area contributed by atoms with Gasteiger partial charge in [0.25, 0.3) is 0 Å². The molecule has 0 aliphatic heterocycles. The van der Waals surface area contributed by atoms with Crippen molar-refractivity contribution in [2.45, 2.75) is 31.2 Å². The molecule has 0 radical (unpaired) electrons. The van der Waals surface area contributed by atoms with Gasteiger partial charge in [-0.2, -0.15) is 0 Å². The smallest absolute Gasteiger partial charge is 0.229 e. The van der Waals surface area contributed by atoms with E-state index in [0.29, 0.717) is 17.4 Å². The fraction of sp³-hybridized carbons (Fsp3) is 0.240. The second-order valence-electron chi connectivity index (χ2n) is 7.85. The number of anilines is 1. The Morgan fingerprint density at radius 1 is 1.06 bits per heavy atom. The van der Waals surface area contributed by atoms with Crippen LogP contribution in [-0.2, 0) is 21.2 Å². The van der Waals surface area contributed by atoms with Gasteiger partial charge >= 0.3 is 0 Å². The van der Waals surface area contributed by atoms with Gasteiger partial charge in [-0.3, -0.25) is 14.7 Å².